The average molecular weight is 479 g/mol. The molecule has 0 radical (unpaired) electrons. The van der Waals surface area contributed by atoms with E-state index in [0.717, 1.165) is 49.4 Å². The van der Waals surface area contributed by atoms with Gasteiger partial charge in [0.2, 0.25) is 0 Å². The van der Waals surface area contributed by atoms with Crippen LogP contribution >= 0.6 is 15.9 Å². The number of rotatable bonds is 7. The Kier molecular flexibility index (Phi) is 7.39. The number of amides is 1. The summed E-state index contributed by atoms with van der Waals surface area (Å²) in [5.41, 5.74) is 3.25. The summed E-state index contributed by atoms with van der Waals surface area (Å²) in [6.45, 7) is 4.81. The first-order chi connectivity index (χ1) is 15.2. The molecule has 0 bridgehead atoms. The van der Waals surface area contributed by atoms with Gasteiger partial charge in [-0.15, -0.1) is 0 Å². The van der Waals surface area contributed by atoms with Gasteiger partial charge in [-0.1, -0.05) is 60.7 Å². The molecule has 1 aliphatic heterocycles. The van der Waals surface area contributed by atoms with E-state index in [0.29, 0.717) is 12.2 Å². The summed E-state index contributed by atoms with van der Waals surface area (Å²) in [6, 6.07) is 26.4. The number of piperazine rings is 1. The number of carbonyl (C=O) groups excluding carboxylic acids is 1. The molecule has 0 spiro atoms. The van der Waals surface area contributed by atoms with E-state index in [1.165, 1.54) is 11.1 Å². The highest BCUT2D eigenvalue weighted by molar-refractivity contribution is 9.10. The van der Waals surface area contributed by atoms with Crippen LogP contribution in [0.2, 0.25) is 0 Å². The molecule has 1 fully saturated rings. The molecule has 0 saturated carbocycles. The van der Waals surface area contributed by atoms with Gasteiger partial charge in [-0.05, 0) is 45.3 Å². The molecule has 0 atom stereocenters. The predicted molar refractivity (Wildman–Crippen MR) is 127 cm³/mol. The number of hydrogen-bond acceptors (Lipinski definition) is 3. The molecule has 5 heteroatoms. The van der Waals surface area contributed by atoms with Crippen molar-refractivity contribution in [3.8, 4) is 5.75 Å². The Balaban J connectivity index is 1.28. The maximum Gasteiger partial charge on any atom is 0.253 e. The highest BCUT2D eigenvalue weighted by Gasteiger charge is 2.22. The third kappa shape index (κ3) is 5.96. The van der Waals surface area contributed by atoms with Crippen LogP contribution in [0.25, 0.3) is 0 Å². The first-order valence-electron chi connectivity index (χ1n) is 10.7. The molecule has 4 nitrogen and oxygen atoms in total. The Morgan fingerprint density at radius 2 is 1.48 bits per heavy atom. The van der Waals surface area contributed by atoms with Gasteiger partial charge in [0.25, 0.3) is 5.91 Å². The molecule has 4 rings (SSSR count). The minimum Gasteiger partial charge on any atom is -0.492 e. The molecule has 160 valence electrons. The Labute approximate surface area is 192 Å². The van der Waals surface area contributed by atoms with Gasteiger partial charge in [-0.3, -0.25) is 9.69 Å². The molecule has 3 aromatic carbocycles. The van der Waals surface area contributed by atoms with Crippen molar-refractivity contribution in [3.05, 3.63) is 100 Å². The zero-order valence-corrected chi connectivity index (χ0v) is 19.1. The fourth-order valence-electron chi connectivity index (χ4n) is 3.81. The second-order valence-corrected chi connectivity index (χ2v) is 8.64. The minimum atomic E-state index is 0.0795. The molecule has 1 heterocycles. The highest BCUT2D eigenvalue weighted by Crippen LogP contribution is 2.27. The van der Waals surface area contributed by atoms with Gasteiger partial charge in [0.1, 0.15) is 5.75 Å². The van der Waals surface area contributed by atoms with Crippen molar-refractivity contribution in [2.45, 2.75) is 13.0 Å². The molecular formula is C26H27BrN2O2. The third-order valence-electron chi connectivity index (χ3n) is 5.58. The van der Waals surface area contributed by atoms with Gasteiger partial charge in [-0.25, -0.2) is 0 Å². The predicted octanol–water partition coefficient (Wildman–Crippen LogP) is 5.03. The Morgan fingerprint density at radius 1 is 0.839 bits per heavy atom. The van der Waals surface area contributed by atoms with E-state index in [4.69, 9.17) is 4.74 Å². The van der Waals surface area contributed by atoms with Crippen molar-refractivity contribution < 1.29 is 9.53 Å². The fourth-order valence-corrected chi connectivity index (χ4v) is 4.30. The zero-order valence-electron chi connectivity index (χ0n) is 17.5. The molecule has 1 aliphatic rings. The number of nitrogens with zero attached hydrogens (tertiary/aromatic N) is 2. The topological polar surface area (TPSA) is 32.8 Å². The van der Waals surface area contributed by atoms with Crippen LogP contribution < -0.4 is 4.74 Å². The van der Waals surface area contributed by atoms with Crippen LogP contribution in [0.3, 0.4) is 0 Å². The number of halogens is 1. The number of carbonyl (C=O) groups is 1. The van der Waals surface area contributed by atoms with E-state index >= 15 is 0 Å². The van der Waals surface area contributed by atoms with Gasteiger partial charge < -0.3 is 9.64 Å². The Bertz CT molecular complexity index is 987. The molecule has 0 aliphatic carbocycles. The SMILES string of the molecule is O=C(c1ccc(OCCc2ccccc2)c(Br)c1)N1CCN(Cc2ccccc2)CC1. The van der Waals surface area contributed by atoms with Crippen molar-refractivity contribution in [2.75, 3.05) is 32.8 Å². The van der Waals surface area contributed by atoms with Crippen LogP contribution in [-0.2, 0) is 13.0 Å². The van der Waals surface area contributed by atoms with Gasteiger partial charge in [-0.2, -0.15) is 0 Å². The van der Waals surface area contributed by atoms with Gasteiger partial charge in [0, 0.05) is 44.7 Å². The zero-order chi connectivity index (χ0) is 21.5. The molecule has 0 N–H and O–H groups in total. The summed E-state index contributed by atoms with van der Waals surface area (Å²) in [5.74, 6) is 0.844. The summed E-state index contributed by atoms with van der Waals surface area (Å²) < 4.78 is 6.73. The molecular weight excluding hydrogens is 452 g/mol. The number of ether oxygens (including phenoxy) is 1. The largest absolute Gasteiger partial charge is 0.492 e. The maximum atomic E-state index is 13.0. The van der Waals surface area contributed by atoms with E-state index < -0.39 is 0 Å². The van der Waals surface area contributed by atoms with E-state index in [-0.39, 0.29) is 5.91 Å². The standard InChI is InChI=1S/C26H27BrN2O2/c27-24-19-23(11-12-25(24)31-18-13-21-7-3-1-4-8-21)26(30)29-16-14-28(15-17-29)20-22-9-5-2-6-10-22/h1-12,19H,13-18,20H2. The summed E-state index contributed by atoms with van der Waals surface area (Å²) in [4.78, 5) is 17.3. The summed E-state index contributed by atoms with van der Waals surface area (Å²) in [7, 11) is 0. The molecule has 1 amide bonds. The smallest absolute Gasteiger partial charge is 0.253 e. The first kappa shape index (κ1) is 21.6. The van der Waals surface area contributed by atoms with Gasteiger partial charge in [0.15, 0.2) is 0 Å². The summed E-state index contributed by atoms with van der Waals surface area (Å²) in [5, 5.41) is 0. The van der Waals surface area contributed by atoms with Crippen molar-refractivity contribution in [3.63, 3.8) is 0 Å². The Morgan fingerprint density at radius 3 is 2.13 bits per heavy atom. The molecule has 3 aromatic rings. The number of hydrogen-bond donors (Lipinski definition) is 0. The van der Waals surface area contributed by atoms with Crippen LogP contribution in [0.15, 0.2) is 83.3 Å². The van der Waals surface area contributed by atoms with E-state index in [1.54, 1.807) is 0 Å². The molecule has 31 heavy (non-hydrogen) atoms. The second-order valence-electron chi connectivity index (χ2n) is 7.78. The fraction of sp³-hybridized carbons (Fsp3) is 0.269. The average Bonchev–Trinajstić information content (AvgIpc) is 2.81. The lowest BCUT2D eigenvalue weighted by atomic mass is 10.1. The summed E-state index contributed by atoms with van der Waals surface area (Å²) >= 11 is 3.57. The van der Waals surface area contributed by atoms with Crippen LogP contribution in [0, 0.1) is 0 Å². The quantitative estimate of drug-likeness (QED) is 0.477. The second kappa shape index (κ2) is 10.6. The number of benzene rings is 3. The van der Waals surface area contributed by atoms with Crippen LogP contribution in [-0.4, -0.2) is 48.5 Å². The minimum absolute atomic E-state index is 0.0795. The van der Waals surface area contributed by atoms with Crippen LogP contribution in [0.4, 0.5) is 0 Å². The van der Waals surface area contributed by atoms with E-state index in [9.17, 15) is 4.79 Å². The van der Waals surface area contributed by atoms with Crippen molar-refractivity contribution in [1.82, 2.24) is 9.80 Å². The lowest BCUT2D eigenvalue weighted by Gasteiger charge is -2.34. The third-order valence-corrected chi connectivity index (χ3v) is 6.20. The van der Waals surface area contributed by atoms with Crippen molar-refractivity contribution >= 4 is 21.8 Å². The first-order valence-corrected chi connectivity index (χ1v) is 11.5. The lowest BCUT2D eigenvalue weighted by molar-refractivity contribution is 0.0628. The molecule has 0 unspecified atom stereocenters. The van der Waals surface area contributed by atoms with Crippen LogP contribution in [0.1, 0.15) is 21.5 Å². The summed E-state index contributed by atoms with van der Waals surface area (Å²) in [6.07, 6.45) is 0.848. The lowest BCUT2D eigenvalue weighted by Crippen LogP contribution is -2.48. The van der Waals surface area contributed by atoms with E-state index in [2.05, 4.69) is 57.2 Å². The van der Waals surface area contributed by atoms with Crippen molar-refractivity contribution in [2.24, 2.45) is 0 Å². The van der Waals surface area contributed by atoms with Gasteiger partial charge >= 0.3 is 0 Å². The van der Waals surface area contributed by atoms with Crippen molar-refractivity contribution in [1.29, 1.82) is 0 Å². The van der Waals surface area contributed by atoms with Gasteiger partial charge in [0.05, 0.1) is 11.1 Å². The Hall–Kier alpha value is -2.63. The normalized spacial score (nSPS) is 14.4. The van der Waals surface area contributed by atoms with E-state index in [1.807, 2.05) is 47.4 Å². The molecule has 0 aromatic heterocycles. The highest BCUT2D eigenvalue weighted by atomic mass is 79.9. The maximum absolute atomic E-state index is 13.0. The molecule has 1 saturated heterocycles. The monoisotopic (exact) mass is 478 g/mol. The van der Waals surface area contributed by atoms with Crippen LogP contribution in [0.5, 0.6) is 5.75 Å².